The van der Waals surface area contributed by atoms with Crippen molar-refractivity contribution in [1.82, 2.24) is 0 Å². The van der Waals surface area contributed by atoms with Crippen molar-refractivity contribution in [3.8, 4) is 23.7 Å². The molecule has 0 radical (unpaired) electrons. The van der Waals surface area contributed by atoms with Crippen molar-refractivity contribution in [2.24, 2.45) is 21.7 Å². The first-order chi connectivity index (χ1) is 39.8. The highest BCUT2D eigenvalue weighted by atomic mass is 16.6. The molecule has 0 aromatic heterocycles. The average molecular weight is 1170 g/mol. The van der Waals surface area contributed by atoms with Crippen LogP contribution in [0, 0.1) is 45.3 Å². The van der Waals surface area contributed by atoms with Gasteiger partial charge < -0.3 is 29.9 Å². The summed E-state index contributed by atoms with van der Waals surface area (Å²) in [7, 11) is 0. The lowest BCUT2D eigenvalue weighted by molar-refractivity contribution is -0.206. The van der Waals surface area contributed by atoms with Crippen molar-refractivity contribution < 1.29 is 29.9 Å². The molecule has 6 heteroatoms. The maximum Gasteiger partial charge on any atom is 0.165 e. The van der Waals surface area contributed by atoms with Gasteiger partial charge in [-0.25, -0.2) is 0 Å². The number of rotatable bonds is 16. The van der Waals surface area contributed by atoms with Crippen molar-refractivity contribution in [2.45, 2.75) is 237 Å². The van der Waals surface area contributed by atoms with E-state index in [0.717, 1.165) is 33.4 Å². The highest BCUT2D eigenvalue weighted by Crippen LogP contribution is 2.69. The topological polar surface area (TPSA) is 106 Å². The predicted octanol–water partition coefficient (Wildman–Crippen LogP) is 19.1. The van der Waals surface area contributed by atoms with Crippen LogP contribution in [0.2, 0.25) is 0 Å². The van der Waals surface area contributed by atoms with Crippen LogP contribution in [0.25, 0.3) is 0 Å². The van der Waals surface area contributed by atoms with E-state index < -0.39 is 34.0 Å². The maximum absolute atomic E-state index is 10.3. The monoisotopic (exact) mass is 1160 g/mol. The number of hydrogen-bond acceptors (Lipinski definition) is 6. The fourth-order valence-corrected chi connectivity index (χ4v) is 13.7. The number of fused-ring (bicyclic) bond motifs is 2. The van der Waals surface area contributed by atoms with Gasteiger partial charge in [0.1, 0.15) is 22.4 Å². The Labute approximate surface area is 522 Å². The Kier molecular flexibility index (Phi) is 23.6. The summed E-state index contributed by atoms with van der Waals surface area (Å²) in [6.07, 6.45) is 58.3. The summed E-state index contributed by atoms with van der Waals surface area (Å²) in [5.41, 5.74) is 12.1. The third kappa shape index (κ3) is 19.1. The number of ether oxygens (including phenoxy) is 2. The molecular weight excluding hydrogens is 1060 g/mol. The van der Waals surface area contributed by atoms with Crippen molar-refractivity contribution >= 4 is 0 Å². The van der Waals surface area contributed by atoms with Gasteiger partial charge in [-0.1, -0.05) is 257 Å². The smallest absolute Gasteiger partial charge is 0.165 e. The quantitative estimate of drug-likeness (QED) is 0.0531. The number of aliphatic hydroxyl groups is 4. The van der Waals surface area contributed by atoms with Gasteiger partial charge in [0.15, 0.2) is 11.6 Å². The molecule has 6 aliphatic rings. The number of epoxide rings is 2. The molecule has 4 fully saturated rings. The van der Waals surface area contributed by atoms with Gasteiger partial charge in [-0.3, -0.25) is 0 Å². The summed E-state index contributed by atoms with van der Waals surface area (Å²) in [4.78, 5) is 0. The standard InChI is InChI=1S/2C40H54O3/c2*1-30(18-13-20-32(3)23-24-35-34(5)22-15-26-36(35,6)7)16-11-12-17-31(2)19-14-21-33(4)25-27-40-37(8,9)28-39(41,42)29-38(40,10)43-40/h2*11-14,16-21,25,27,41-42H,15,22,26,28-29H2,1-10H3/b2*12-11+,18-13+,19-14+,27-25+,30-16+,31-17+,32-20+,33-21+. The van der Waals surface area contributed by atoms with Gasteiger partial charge in [0.25, 0.3) is 0 Å². The summed E-state index contributed by atoms with van der Waals surface area (Å²) in [6, 6.07) is 0. The summed E-state index contributed by atoms with van der Waals surface area (Å²) >= 11 is 0. The molecule has 2 heterocycles. The van der Waals surface area contributed by atoms with E-state index >= 15 is 0 Å². The normalized spacial score (nSPS) is 29.5. The second kappa shape index (κ2) is 28.6. The zero-order chi connectivity index (χ0) is 64.2. The molecular formula is C80H108O6. The Morgan fingerprint density at radius 1 is 0.384 bits per heavy atom. The first-order valence-corrected chi connectivity index (χ1v) is 31.4. The molecule has 4 unspecified atom stereocenters. The second-order valence-corrected chi connectivity index (χ2v) is 28.9. The van der Waals surface area contributed by atoms with Crippen molar-refractivity contribution in [3.63, 3.8) is 0 Å². The molecule has 2 aliphatic heterocycles. The van der Waals surface area contributed by atoms with Crippen molar-refractivity contribution in [1.29, 1.82) is 0 Å². The van der Waals surface area contributed by atoms with Gasteiger partial charge in [0, 0.05) is 47.7 Å². The molecule has 0 spiro atoms. The third-order valence-electron chi connectivity index (χ3n) is 18.3. The molecule has 6 rings (SSSR count). The highest BCUT2D eigenvalue weighted by molar-refractivity contribution is 5.47. The lowest BCUT2D eigenvalue weighted by atomic mass is 9.62. The van der Waals surface area contributed by atoms with Gasteiger partial charge in [-0.05, 0) is 156 Å². The van der Waals surface area contributed by atoms with E-state index in [9.17, 15) is 20.4 Å². The lowest BCUT2D eigenvalue weighted by Gasteiger charge is -2.42. The molecule has 4 atom stereocenters. The second-order valence-electron chi connectivity index (χ2n) is 28.9. The Bertz CT molecular complexity index is 3020. The summed E-state index contributed by atoms with van der Waals surface area (Å²) in [5, 5.41) is 41.1. The van der Waals surface area contributed by atoms with Crippen LogP contribution >= 0.6 is 0 Å². The summed E-state index contributed by atoms with van der Waals surface area (Å²) in [6.45, 7) is 42.4. The Morgan fingerprint density at radius 3 is 0.953 bits per heavy atom. The van der Waals surface area contributed by atoms with Crippen LogP contribution in [0.15, 0.2) is 213 Å². The molecule has 4 aliphatic carbocycles. The molecule has 4 N–H and O–H groups in total. The van der Waals surface area contributed by atoms with Gasteiger partial charge in [-0.15, -0.1) is 0 Å². The maximum atomic E-state index is 10.3. The zero-order valence-corrected chi connectivity index (χ0v) is 56.5. The van der Waals surface area contributed by atoms with E-state index in [1.807, 2.05) is 41.5 Å². The van der Waals surface area contributed by atoms with Crippen LogP contribution < -0.4 is 0 Å². The third-order valence-corrected chi connectivity index (χ3v) is 18.3. The molecule has 464 valence electrons. The highest BCUT2D eigenvalue weighted by Gasteiger charge is 2.78. The lowest BCUT2D eigenvalue weighted by Crippen LogP contribution is -2.52. The predicted molar refractivity (Wildman–Crippen MR) is 364 cm³/mol. The molecule has 6 nitrogen and oxygen atoms in total. The molecule has 0 bridgehead atoms. The minimum absolute atomic E-state index is 0.187. The number of allylic oxidation sites excluding steroid dienone is 34. The van der Waals surface area contributed by atoms with Crippen LogP contribution in [0.4, 0.5) is 0 Å². The SMILES string of the molecule is CC1=C(C#C/C(C)=C/C=C/C(C)=C/C=C/C=C(C)/C=C/C=C(C)/C=C/C23OC2(C)CC(O)(O)CC3(C)C)C(C)(C)CCC1.CC1=C(C#C/C(C)=C/C=C/C(C)=C/C=C/C=C(C)/C=C/C=C(C)/C=C/C23OC2(C)CC(O)(O)CC3(C)C)C(C)(C)CCC1. The average Bonchev–Trinajstić information content (AvgIpc) is 1.53. The van der Waals surface area contributed by atoms with Gasteiger partial charge in [0.05, 0.1) is 0 Å². The Hall–Kier alpha value is -5.80. The fourth-order valence-electron chi connectivity index (χ4n) is 13.7. The largest absolute Gasteiger partial charge is 0.365 e. The van der Waals surface area contributed by atoms with Crippen molar-refractivity contribution in [2.75, 3.05) is 0 Å². The minimum atomic E-state index is -1.68. The van der Waals surface area contributed by atoms with Crippen LogP contribution in [0.3, 0.4) is 0 Å². The Balaban J connectivity index is 0.000000314. The van der Waals surface area contributed by atoms with Crippen LogP contribution in [0.1, 0.15) is 203 Å². The van der Waals surface area contributed by atoms with Crippen LogP contribution in [0.5, 0.6) is 0 Å². The molecule has 2 saturated heterocycles. The summed E-state index contributed by atoms with van der Waals surface area (Å²) < 4.78 is 12.3. The molecule has 2 saturated carbocycles. The summed E-state index contributed by atoms with van der Waals surface area (Å²) in [5.74, 6) is 10.3. The fraction of sp³-hybridized carbons (Fsp3) is 0.500. The van der Waals surface area contributed by atoms with E-state index in [0.29, 0.717) is 0 Å². The first kappa shape index (κ1) is 71.0. The van der Waals surface area contributed by atoms with Crippen LogP contribution in [-0.2, 0) is 9.47 Å². The van der Waals surface area contributed by atoms with Gasteiger partial charge in [0.2, 0.25) is 0 Å². The van der Waals surface area contributed by atoms with E-state index in [1.165, 1.54) is 72.0 Å². The molecule has 0 aromatic rings. The number of hydrogen-bond donors (Lipinski definition) is 4. The minimum Gasteiger partial charge on any atom is -0.365 e. The van der Waals surface area contributed by atoms with Gasteiger partial charge in [-0.2, -0.15) is 0 Å². The molecule has 0 aromatic carbocycles. The first-order valence-electron chi connectivity index (χ1n) is 31.4. The van der Waals surface area contributed by atoms with E-state index in [-0.39, 0.29) is 47.3 Å². The molecule has 0 amide bonds. The zero-order valence-electron chi connectivity index (χ0n) is 56.5. The van der Waals surface area contributed by atoms with Crippen molar-refractivity contribution in [3.05, 3.63) is 213 Å². The van der Waals surface area contributed by atoms with Crippen LogP contribution in [-0.4, -0.2) is 54.4 Å². The Morgan fingerprint density at radius 2 is 0.663 bits per heavy atom. The molecule has 86 heavy (non-hydrogen) atoms. The van der Waals surface area contributed by atoms with E-state index in [2.05, 4.69) is 266 Å². The van der Waals surface area contributed by atoms with Gasteiger partial charge >= 0.3 is 0 Å². The van der Waals surface area contributed by atoms with E-state index in [4.69, 9.17) is 9.47 Å². The van der Waals surface area contributed by atoms with E-state index in [1.54, 1.807) is 0 Å².